The van der Waals surface area contributed by atoms with Crippen molar-refractivity contribution in [3.8, 4) is 0 Å². The molecular weight excluding hydrogens is 122 g/mol. The second-order valence-corrected chi connectivity index (χ2v) is 4.89. The molecule has 4 fully saturated rings. The lowest BCUT2D eigenvalue weighted by molar-refractivity contribution is 0.0923. The molecule has 2 atom stereocenters. The van der Waals surface area contributed by atoms with Crippen molar-refractivity contribution >= 4 is 0 Å². The largest absolute Gasteiger partial charge is 0.297 e. The van der Waals surface area contributed by atoms with E-state index in [9.17, 15) is 0 Å². The number of nitrogens with zero attached hydrogens (tertiary/aromatic N) is 1. The van der Waals surface area contributed by atoms with Crippen molar-refractivity contribution in [3.63, 3.8) is 0 Å². The average Bonchev–Trinajstić information content (AvgIpc) is 2.74. The van der Waals surface area contributed by atoms with Gasteiger partial charge in [0, 0.05) is 18.6 Å². The fraction of sp³-hybridized carbons (Fsp3) is 1.00. The van der Waals surface area contributed by atoms with E-state index in [-0.39, 0.29) is 0 Å². The van der Waals surface area contributed by atoms with Crippen LogP contribution in [0.5, 0.6) is 0 Å². The topological polar surface area (TPSA) is 3.24 Å². The first kappa shape index (κ1) is 4.76. The second kappa shape index (κ2) is 0.989. The molecule has 2 spiro atoms. The van der Waals surface area contributed by atoms with Gasteiger partial charge in [-0.25, -0.2) is 0 Å². The summed E-state index contributed by atoms with van der Waals surface area (Å²) >= 11 is 0. The number of hydrogen-bond donors (Lipinski definition) is 0. The van der Waals surface area contributed by atoms with Crippen molar-refractivity contribution in [2.75, 3.05) is 13.1 Å². The Kier molecular flexibility index (Phi) is 0.471. The molecule has 0 aromatic rings. The van der Waals surface area contributed by atoms with Crippen LogP contribution in [0, 0.1) is 11.3 Å². The molecule has 0 radical (unpaired) electrons. The van der Waals surface area contributed by atoms with Crippen LogP contribution in [0.15, 0.2) is 0 Å². The normalized spacial score (nSPS) is 59.4. The number of piperidine rings is 1. The molecule has 2 heterocycles. The number of rotatable bonds is 0. The molecule has 0 amide bonds. The van der Waals surface area contributed by atoms with Gasteiger partial charge in [-0.15, -0.1) is 0 Å². The zero-order valence-corrected chi connectivity index (χ0v) is 6.27. The zero-order valence-electron chi connectivity index (χ0n) is 6.27. The summed E-state index contributed by atoms with van der Waals surface area (Å²) in [4.78, 5) is 2.77. The summed E-state index contributed by atoms with van der Waals surface area (Å²) in [6, 6.07) is 0. The molecule has 0 aromatic carbocycles. The maximum Gasteiger partial charge on any atom is 0.0260 e. The number of hydrogen-bond acceptors (Lipinski definition) is 1. The molecular formula is C9H13N. The third-order valence-electron chi connectivity index (χ3n) is 4.63. The average molecular weight is 135 g/mol. The molecule has 1 heteroatoms. The minimum absolute atomic E-state index is 0.830. The Morgan fingerprint density at radius 2 is 2.10 bits per heavy atom. The van der Waals surface area contributed by atoms with Gasteiger partial charge in [0.1, 0.15) is 0 Å². The highest BCUT2D eigenvalue weighted by Crippen LogP contribution is 2.76. The summed E-state index contributed by atoms with van der Waals surface area (Å²) in [7, 11) is 0. The number of fused-ring (bicyclic) bond motifs is 1. The monoisotopic (exact) mass is 135 g/mol. The lowest BCUT2D eigenvalue weighted by Gasteiger charge is -2.38. The molecule has 2 unspecified atom stereocenters. The molecule has 2 saturated carbocycles. The van der Waals surface area contributed by atoms with Gasteiger partial charge < -0.3 is 0 Å². The lowest BCUT2D eigenvalue weighted by atomic mass is 9.99. The highest BCUT2D eigenvalue weighted by molar-refractivity contribution is 5.31. The van der Waals surface area contributed by atoms with Crippen LogP contribution in [-0.2, 0) is 0 Å². The van der Waals surface area contributed by atoms with Crippen LogP contribution in [0.4, 0.5) is 0 Å². The van der Waals surface area contributed by atoms with Gasteiger partial charge in [-0.05, 0) is 37.0 Å². The van der Waals surface area contributed by atoms with E-state index in [2.05, 4.69) is 4.90 Å². The smallest absolute Gasteiger partial charge is 0.0260 e. The van der Waals surface area contributed by atoms with Gasteiger partial charge in [0.25, 0.3) is 0 Å². The van der Waals surface area contributed by atoms with Crippen molar-refractivity contribution in [2.45, 2.75) is 31.2 Å². The van der Waals surface area contributed by atoms with Crippen LogP contribution < -0.4 is 0 Å². The van der Waals surface area contributed by atoms with E-state index in [1.165, 1.54) is 19.0 Å². The second-order valence-electron chi connectivity index (χ2n) is 4.89. The Labute approximate surface area is 61.4 Å². The lowest BCUT2D eigenvalue weighted by Crippen LogP contribution is -2.47. The summed E-state index contributed by atoms with van der Waals surface area (Å²) in [6.07, 6.45) is 6.25. The van der Waals surface area contributed by atoms with Crippen LogP contribution in [-0.4, -0.2) is 23.5 Å². The summed E-state index contributed by atoms with van der Waals surface area (Å²) in [5.74, 6) is 1.17. The minimum atomic E-state index is 0.830. The van der Waals surface area contributed by atoms with Gasteiger partial charge in [-0.2, -0.15) is 0 Å². The highest BCUT2D eigenvalue weighted by Gasteiger charge is 2.78. The molecule has 0 bridgehead atoms. The molecule has 0 aromatic heterocycles. The van der Waals surface area contributed by atoms with Crippen LogP contribution >= 0.6 is 0 Å². The molecule has 4 aliphatic rings. The molecule has 10 heavy (non-hydrogen) atoms. The maximum absolute atomic E-state index is 2.77. The first-order valence-electron chi connectivity index (χ1n) is 4.61. The third kappa shape index (κ3) is 0.282. The molecule has 0 N–H and O–H groups in total. The van der Waals surface area contributed by atoms with Crippen molar-refractivity contribution in [1.82, 2.24) is 4.90 Å². The maximum atomic E-state index is 2.77. The quantitative estimate of drug-likeness (QED) is 0.483. The summed E-state index contributed by atoms with van der Waals surface area (Å²) < 4.78 is 0. The molecule has 4 rings (SSSR count). The molecule has 2 aliphatic carbocycles. The van der Waals surface area contributed by atoms with Crippen LogP contribution in [0.3, 0.4) is 0 Å². The van der Waals surface area contributed by atoms with E-state index in [0.29, 0.717) is 0 Å². The van der Waals surface area contributed by atoms with Gasteiger partial charge in [0.2, 0.25) is 0 Å². The Bertz CT molecular complexity index is 217. The Morgan fingerprint density at radius 3 is 2.40 bits per heavy atom. The fourth-order valence-electron chi connectivity index (χ4n) is 3.66. The predicted molar refractivity (Wildman–Crippen MR) is 38.7 cm³/mol. The summed E-state index contributed by atoms with van der Waals surface area (Å²) in [5.41, 5.74) is 1.73. The van der Waals surface area contributed by atoms with Crippen LogP contribution in [0.2, 0.25) is 0 Å². The van der Waals surface area contributed by atoms with Crippen molar-refractivity contribution in [2.24, 2.45) is 11.3 Å². The highest BCUT2D eigenvalue weighted by atomic mass is 15.4. The fourth-order valence-corrected chi connectivity index (χ4v) is 3.66. The Morgan fingerprint density at radius 1 is 1.20 bits per heavy atom. The predicted octanol–water partition coefficient (Wildman–Crippen LogP) is 1.24. The van der Waals surface area contributed by atoms with E-state index < -0.39 is 0 Å². The van der Waals surface area contributed by atoms with E-state index in [1.54, 1.807) is 25.7 Å². The van der Waals surface area contributed by atoms with Gasteiger partial charge in [-0.3, -0.25) is 4.90 Å². The van der Waals surface area contributed by atoms with Gasteiger partial charge in [0.15, 0.2) is 0 Å². The van der Waals surface area contributed by atoms with E-state index in [1.807, 2.05) is 0 Å². The minimum Gasteiger partial charge on any atom is -0.297 e. The molecule has 54 valence electrons. The molecule has 1 nitrogen and oxygen atoms in total. The SMILES string of the molecule is C1CC23CC2C2(CC2)CN13. The van der Waals surface area contributed by atoms with Gasteiger partial charge >= 0.3 is 0 Å². The Hall–Kier alpha value is -0.0400. The first-order chi connectivity index (χ1) is 4.86. The van der Waals surface area contributed by atoms with Crippen LogP contribution in [0.1, 0.15) is 25.7 Å². The van der Waals surface area contributed by atoms with E-state index in [4.69, 9.17) is 0 Å². The zero-order chi connectivity index (χ0) is 6.40. The van der Waals surface area contributed by atoms with Crippen LogP contribution in [0.25, 0.3) is 0 Å². The third-order valence-corrected chi connectivity index (χ3v) is 4.63. The Balaban J connectivity index is 1.84. The van der Waals surface area contributed by atoms with Gasteiger partial charge in [0.05, 0.1) is 0 Å². The molecule has 2 saturated heterocycles. The van der Waals surface area contributed by atoms with E-state index >= 15 is 0 Å². The van der Waals surface area contributed by atoms with Crippen molar-refractivity contribution < 1.29 is 0 Å². The standard InChI is InChI=1S/C9H13N/c1-2-8(1)6-10-4-3-9(10)5-7(8)9/h7H,1-6H2. The van der Waals surface area contributed by atoms with Crippen molar-refractivity contribution in [3.05, 3.63) is 0 Å². The first-order valence-corrected chi connectivity index (χ1v) is 4.61. The summed E-state index contributed by atoms with van der Waals surface area (Å²) in [6.45, 7) is 2.91. The van der Waals surface area contributed by atoms with Gasteiger partial charge in [-0.1, -0.05) is 0 Å². The summed E-state index contributed by atoms with van der Waals surface area (Å²) in [5, 5.41) is 0. The van der Waals surface area contributed by atoms with E-state index in [0.717, 1.165) is 11.0 Å². The van der Waals surface area contributed by atoms with Crippen molar-refractivity contribution in [1.29, 1.82) is 0 Å². The molecule has 2 aliphatic heterocycles.